The van der Waals surface area contributed by atoms with Crippen molar-refractivity contribution >= 4 is 24.3 Å². The molecule has 1 aromatic carbocycles. The summed E-state index contributed by atoms with van der Waals surface area (Å²) in [5.41, 5.74) is 0.584. The molecule has 1 unspecified atom stereocenters. The van der Waals surface area contributed by atoms with Gasteiger partial charge in [-0.05, 0) is 24.1 Å². The summed E-state index contributed by atoms with van der Waals surface area (Å²) in [5, 5.41) is 14.1. The Morgan fingerprint density at radius 2 is 1.84 bits per heavy atom. The molecule has 0 saturated carbocycles. The first-order valence-corrected chi connectivity index (χ1v) is 7.29. The van der Waals surface area contributed by atoms with E-state index in [4.69, 9.17) is 5.11 Å². The predicted octanol–water partition coefficient (Wildman–Crippen LogP) is 2.47. The lowest BCUT2D eigenvalue weighted by Gasteiger charge is -2.13. The summed E-state index contributed by atoms with van der Waals surface area (Å²) in [6.45, 7) is 1.79. The zero-order valence-electron chi connectivity index (χ0n) is 13.4. The van der Waals surface area contributed by atoms with Gasteiger partial charge in [0.1, 0.15) is 11.8 Å². The number of carboxylic acid groups (broad SMARTS) is 1. The first-order valence-electron chi connectivity index (χ1n) is 7.29. The third-order valence-corrected chi connectivity index (χ3v) is 3.03. The van der Waals surface area contributed by atoms with Gasteiger partial charge >= 0.3 is 12.3 Å². The number of hydrogen-bond acceptors (Lipinski definition) is 4. The van der Waals surface area contributed by atoms with Gasteiger partial charge in [0.05, 0.1) is 6.54 Å². The van der Waals surface area contributed by atoms with Crippen molar-refractivity contribution in [2.24, 2.45) is 0 Å². The van der Waals surface area contributed by atoms with E-state index in [1.807, 2.05) is 6.92 Å². The van der Waals surface area contributed by atoms with Crippen molar-refractivity contribution in [1.29, 1.82) is 0 Å². The molecule has 142 valence electrons. The molecule has 1 atom stereocenters. The number of alkyl halides is 3. The molecule has 25 heavy (non-hydrogen) atoms. The van der Waals surface area contributed by atoms with Gasteiger partial charge in [-0.3, -0.25) is 14.9 Å². The molecule has 0 aliphatic carbocycles. The summed E-state index contributed by atoms with van der Waals surface area (Å²) >= 11 is 0. The van der Waals surface area contributed by atoms with E-state index in [9.17, 15) is 22.8 Å². The maximum Gasteiger partial charge on any atom is 0.573 e. The highest BCUT2D eigenvalue weighted by atomic mass is 35.5. The van der Waals surface area contributed by atoms with Gasteiger partial charge in [0.2, 0.25) is 5.91 Å². The Hall–Kier alpha value is -2.00. The molecular formula is C15H20ClF3N2O4. The van der Waals surface area contributed by atoms with Crippen LogP contribution in [0.1, 0.15) is 25.3 Å². The van der Waals surface area contributed by atoms with Crippen molar-refractivity contribution in [3.63, 3.8) is 0 Å². The van der Waals surface area contributed by atoms with Crippen LogP contribution in [-0.2, 0) is 16.1 Å². The summed E-state index contributed by atoms with van der Waals surface area (Å²) in [6.07, 6.45) is -3.68. The van der Waals surface area contributed by atoms with Crippen LogP contribution in [0.5, 0.6) is 5.75 Å². The minimum absolute atomic E-state index is 0. The summed E-state index contributed by atoms with van der Waals surface area (Å²) in [7, 11) is 0. The van der Waals surface area contributed by atoms with E-state index in [0.29, 0.717) is 18.4 Å². The molecular weight excluding hydrogens is 365 g/mol. The van der Waals surface area contributed by atoms with Crippen LogP contribution >= 0.6 is 12.4 Å². The van der Waals surface area contributed by atoms with E-state index in [2.05, 4.69) is 15.4 Å². The van der Waals surface area contributed by atoms with Gasteiger partial charge in [0, 0.05) is 6.54 Å². The van der Waals surface area contributed by atoms with Gasteiger partial charge in [-0.25, -0.2) is 0 Å². The van der Waals surface area contributed by atoms with Gasteiger partial charge < -0.3 is 15.2 Å². The smallest absolute Gasteiger partial charge is 0.480 e. The van der Waals surface area contributed by atoms with E-state index >= 15 is 0 Å². The highest BCUT2D eigenvalue weighted by Gasteiger charge is 2.30. The van der Waals surface area contributed by atoms with Crippen molar-refractivity contribution in [3.05, 3.63) is 29.8 Å². The van der Waals surface area contributed by atoms with Crippen LogP contribution in [0.4, 0.5) is 13.2 Å². The van der Waals surface area contributed by atoms with E-state index < -0.39 is 24.3 Å². The lowest BCUT2D eigenvalue weighted by atomic mass is 10.1. The van der Waals surface area contributed by atoms with Gasteiger partial charge in [-0.15, -0.1) is 25.6 Å². The average molecular weight is 385 g/mol. The van der Waals surface area contributed by atoms with Crippen LogP contribution in [0.15, 0.2) is 24.3 Å². The summed E-state index contributed by atoms with van der Waals surface area (Å²) in [5.74, 6) is -1.78. The highest BCUT2D eigenvalue weighted by molar-refractivity contribution is 5.85. The summed E-state index contributed by atoms with van der Waals surface area (Å²) in [6, 6.07) is 4.29. The molecule has 0 aromatic heterocycles. The van der Waals surface area contributed by atoms with Crippen LogP contribution in [0.25, 0.3) is 0 Å². The summed E-state index contributed by atoms with van der Waals surface area (Å²) < 4.78 is 39.8. The summed E-state index contributed by atoms with van der Waals surface area (Å²) in [4.78, 5) is 22.6. The molecule has 0 fully saturated rings. The monoisotopic (exact) mass is 384 g/mol. The molecule has 1 aromatic rings. The fourth-order valence-electron chi connectivity index (χ4n) is 1.89. The number of carboxylic acids is 1. The molecule has 1 amide bonds. The molecule has 3 N–H and O–H groups in total. The Kier molecular flexibility index (Phi) is 9.92. The Labute approximate surface area is 149 Å². The molecule has 0 aliphatic heterocycles. The number of carbonyl (C=O) groups is 2. The van der Waals surface area contributed by atoms with Crippen molar-refractivity contribution in [1.82, 2.24) is 10.6 Å². The van der Waals surface area contributed by atoms with Gasteiger partial charge in [0.25, 0.3) is 0 Å². The van der Waals surface area contributed by atoms with Crippen molar-refractivity contribution in [2.45, 2.75) is 38.7 Å². The number of hydrogen-bond donors (Lipinski definition) is 3. The molecule has 1 rings (SSSR count). The Balaban J connectivity index is 0.00000576. The predicted molar refractivity (Wildman–Crippen MR) is 86.6 cm³/mol. The number of rotatable bonds is 9. The zero-order chi connectivity index (χ0) is 18.2. The maximum atomic E-state index is 12.0. The van der Waals surface area contributed by atoms with Crippen LogP contribution in [0, 0.1) is 0 Å². The van der Waals surface area contributed by atoms with Crippen LogP contribution in [-0.4, -0.2) is 35.9 Å². The van der Waals surface area contributed by atoms with E-state index in [-0.39, 0.29) is 31.2 Å². The number of nitrogens with one attached hydrogen (secondary N) is 2. The van der Waals surface area contributed by atoms with E-state index in [1.165, 1.54) is 12.1 Å². The number of carbonyl (C=O) groups excluding carboxylic acids is 1. The second-order valence-corrected chi connectivity index (χ2v) is 5.03. The largest absolute Gasteiger partial charge is 0.573 e. The Morgan fingerprint density at radius 3 is 2.32 bits per heavy atom. The molecule has 6 nitrogen and oxygen atoms in total. The zero-order valence-corrected chi connectivity index (χ0v) is 14.2. The van der Waals surface area contributed by atoms with Crippen LogP contribution in [0.3, 0.4) is 0 Å². The Bertz CT molecular complexity index is 553. The van der Waals surface area contributed by atoms with E-state index in [1.54, 1.807) is 0 Å². The Morgan fingerprint density at radius 1 is 1.24 bits per heavy atom. The number of ether oxygens (including phenoxy) is 1. The molecule has 0 saturated heterocycles. The highest BCUT2D eigenvalue weighted by Crippen LogP contribution is 2.22. The van der Waals surface area contributed by atoms with E-state index in [0.717, 1.165) is 12.1 Å². The van der Waals surface area contributed by atoms with Crippen molar-refractivity contribution in [3.8, 4) is 5.75 Å². The maximum absolute atomic E-state index is 12.0. The quantitative estimate of drug-likeness (QED) is 0.608. The molecule has 10 heteroatoms. The molecule has 0 bridgehead atoms. The second kappa shape index (κ2) is 10.8. The topological polar surface area (TPSA) is 87.7 Å². The normalized spacial score (nSPS) is 12.0. The van der Waals surface area contributed by atoms with Gasteiger partial charge in [0.15, 0.2) is 0 Å². The minimum Gasteiger partial charge on any atom is -0.480 e. The first kappa shape index (κ1) is 23.0. The number of aliphatic carboxylic acids is 1. The number of halogens is 4. The van der Waals surface area contributed by atoms with Crippen LogP contribution in [0.2, 0.25) is 0 Å². The van der Waals surface area contributed by atoms with Crippen LogP contribution < -0.4 is 15.4 Å². The number of amides is 1. The third kappa shape index (κ3) is 9.78. The second-order valence-electron chi connectivity index (χ2n) is 5.03. The molecule has 0 heterocycles. The lowest BCUT2D eigenvalue weighted by molar-refractivity contribution is -0.274. The SMILES string of the molecule is CCCC(NCC(=O)NCc1ccc(OC(F)(F)F)cc1)C(=O)O.Cl. The first-order chi connectivity index (χ1) is 11.2. The number of benzene rings is 1. The minimum atomic E-state index is -4.75. The molecule has 0 spiro atoms. The fraction of sp³-hybridized carbons (Fsp3) is 0.467. The fourth-order valence-corrected chi connectivity index (χ4v) is 1.89. The van der Waals surface area contributed by atoms with Crippen molar-refractivity contribution < 1.29 is 32.6 Å². The standard InChI is InChI=1S/C15H19F3N2O4.ClH/c1-2-3-12(14(22)23)19-9-13(21)20-8-10-4-6-11(7-5-10)24-15(16,17)18;/h4-7,12,19H,2-3,8-9H2,1H3,(H,20,21)(H,22,23);1H. The van der Waals surface area contributed by atoms with Crippen molar-refractivity contribution in [2.75, 3.05) is 6.54 Å². The molecule has 0 aliphatic rings. The molecule has 0 radical (unpaired) electrons. The third-order valence-electron chi connectivity index (χ3n) is 3.03. The van der Waals surface area contributed by atoms with Gasteiger partial charge in [-0.2, -0.15) is 0 Å². The lowest BCUT2D eigenvalue weighted by Crippen LogP contribution is -2.42. The van der Waals surface area contributed by atoms with Gasteiger partial charge in [-0.1, -0.05) is 25.5 Å². The average Bonchev–Trinajstić information content (AvgIpc) is 2.49.